The number of aryl methyl sites for hydroxylation is 1. The van der Waals surface area contributed by atoms with E-state index in [-0.39, 0.29) is 17.0 Å². The zero-order valence-electron chi connectivity index (χ0n) is 10.2. The molecule has 0 atom stereocenters. The Hall–Kier alpha value is -1.72. The summed E-state index contributed by atoms with van der Waals surface area (Å²) in [6.45, 7) is 0. The second kappa shape index (κ2) is 5.11. The average molecular weight is 272 g/mol. The van der Waals surface area contributed by atoms with Gasteiger partial charge in [0.25, 0.3) is 0 Å². The Balaban J connectivity index is 2.30. The van der Waals surface area contributed by atoms with Crippen molar-refractivity contribution in [1.82, 2.24) is 0 Å². The van der Waals surface area contributed by atoms with Gasteiger partial charge in [0.05, 0.1) is 5.56 Å². The Kier molecular flexibility index (Phi) is 3.68. The Bertz CT molecular complexity index is 493. The van der Waals surface area contributed by atoms with E-state index in [2.05, 4.69) is 5.16 Å². The van der Waals surface area contributed by atoms with E-state index in [1.54, 1.807) is 0 Å². The molecule has 0 saturated heterocycles. The summed E-state index contributed by atoms with van der Waals surface area (Å²) in [7, 11) is 0. The third-order valence-corrected chi connectivity index (χ3v) is 3.34. The van der Waals surface area contributed by atoms with Crippen LogP contribution < -0.4 is 5.73 Å². The van der Waals surface area contributed by atoms with Crippen molar-refractivity contribution in [3.8, 4) is 0 Å². The minimum atomic E-state index is -4.43. The minimum Gasteiger partial charge on any atom is -0.409 e. The molecule has 3 N–H and O–H groups in total. The molecule has 1 aromatic carbocycles. The summed E-state index contributed by atoms with van der Waals surface area (Å²) in [6.07, 6.45) is -1.00. The van der Waals surface area contributed by atoms with E-state index in [0.29, 0.717) is 12.3 Å². The molecule has 3 nitrogen and oxygen atoms in total. The number of oxime groups is 1. The van der Waals surface area contributed by atoms with Gasteiger partial charge in [0.15, 0.2) is 5.84 Å². The predicted molar refractivity (Wildman–Crippen MR) is 65.0 cm³/mol. The van der Waals surface area contributed by atoms with Crippen LogP contribution >= 0.6 is 0 Å². The maximum Gasteiger partial charge on any atom is 0.416 e. The van der Waals surface area contributed by atoms with Crippen LogP contribution in [0.1, 0.15) is 36.0 Å². The van der Waals surface area contributed by atoms with Gasteiger partial charge < -0.3 is 10.9 Å². The highest BCUT2D eigenvalue weighted by Crippen LogP contribution is 2.37. The summed E-state index contributed by atoms with van der Waals surface area (Å²) >= 11 is 0. The van der Waals surface area contributed by atoms with Crippen LogP contribution in [0.25, 0.3) is 0 Å². The molecule has 0 aliphatic heterocycles. The Morgan fingerprint density at radius 3 is 2.58 bits per heavy atom. The van der Waals surface area contributed by atoms with Crippen molar-refractivity contribution in [3.63, 3.8) is 0 Å². The van der Waals surface area contributed by atoms with Gasteiger partial charge in [-0.1, -0.05) is 30.1 Å². The number of benzene rings is 1. The van der Waals surface area contributed by atoms with Gasteiger partial charge in [0, 0.05) is 5.56 Å². The van der Waals surface area contributed by atoms with Crippen molar-refractivity contribution in [3.05, 3.63) is 34.9 Å². The third kappa shape index (κ3) is 3.39. The van der Waals surface area contributed by atoms with E-state index in [1.165, 1.54) is 12.1 Å². The fraction of sp³-hybridized carbons (Fsp3) is 0.462. The Labute approximate surface area is 108 Å². The number of nitrogens with zero attached hydrogens (tertiary/aromatic N) is 1. The molecule has 0 radical (unpaired) electrons. The molecule has 1 aliphatic rings. The minimum absolute atomic E-state index is 0.0741. The molecule has 1 aromatic rings. The van der Waals surface area contributed by atoms with Crippen molar-refractivity contribution in [2.75, 3.05) is 0 Å². The molecular formula is C13H15F3N2O. The fourth-order valence-corrected chi connectivity index (χ4v) is 2.04. The smallest absolute Gasteiger partial charge is 0.409 e. The van der Waals surface area contributed by atoms with Crippen LogP contribution in [0.5, 0.6) is 0 Å². The summed E-state index contributed by atoms with van der Waals surface area (Å²) in [5.74, 6) is 0.254. The number of halogens is 3. The molecule has 1 aliphatic carbocycles. The second-order valence-corrected chi connectivity index (χ2v) is 4.84. The molecule has 0 amide bonds. The summed E-state index contributed by atoms with van der Waals surface area (Å²) in [5, 5.41) is 11.2. The summed E-state index contributed by atoms with van der Waals surface area (Å²) in [4.78, 5) is 0. The van der Waals surface area contributed by atoms with Gasteiger partial charge in [-0.25, -0.2) is 0 Å². The molecule has 0 aromatic heterocycles. The molecule has 19 heavy (non-hydrogen) atoms. The molecule has 0 spiro atoms. The van der Waals surface area contributed by atoms with Crippen LogP contribution in [0.2, 0.25) is 0 Å². The maximum atomic E-state index is 13.0. The standard InChI is InChI=1S/C13H15F3N2O/c14-13(15,16)11-7-10(12(17)18-19)6-5-9(11)4-3-8-1-2-8/h5-8,19H,1-4H2,(H2,17,18). The van der Waals surface area contributed by atoms with Gasteiger partial charge in [-0.3, -0.25) is 0 Å². The molecule has 0 unspecified atom stereocenters. The summed E-state index contributed by atoms with van der Waals surface area (Å²) in [6, 6.07) is 3.81. The highest BCUT2D eigenvalue weighted by molar-refractivity contribution is 5.97. The molecule has 1 saturated carbocycles. The first-order valence-electron chi connectivity index (χ1n) is 6.10. The van der Waals surface area contributed by atoms with E-state index >= 15 is 0 Å². The highest BCUT2D eigenvalue weighted by Gasteiger charge is 2.34. The van der Waals surface area contributed by atoms with Gasteiger partial charge >= 0.3 is 6.18 Å². The average Bonchev–Trinajstić information content (AvgIpc) is 3.18. The second-order valence-electron chi connectivity index (χ2n) is 4.84. The lowest BCUT2D eigenvalue weighted by atomic mass is 9.98. The lowest BCUT2D eigenvalue weighted by molar-refractivity contribution is -0.138. The molecule has 6 heteroatoms. The number of hydrogen-bond donors (Lipinski definition) is 2. The van der Waals surface area contributed by atoms with Gasteiger partial charge in [-0.05, 0) is 30.4 Å². The first kappa shape index (κ1) is 13.7. The van der Waals surface area contributed by atoms with Gasteiger partial charge in [0.1, 0.15) is 0 Å². The van der Waals surface area contributed by atoms with E-state index in [0.717, 1.165) is 25.3 Å². The van der Waals surface area contributed by atoms with Crippen molar-refractivity contribution in [2.45, 2.75) is 31.9 Å². The van der Waals surface area contributed by atoms with Crippen LogP contribution in [0, 0.1) is 5.92 Å². The highest BCUT2D eigenvalue weighted by atomic mass is 19.4. The molecule has 1 fully saturated rings. The van der Waals surface area contributed by atoms with E-state index in [4.69, 9.17) is 10.9 Å². The van der Waals surface area contributed by atoms with Crippen molar-refractivity contribution >= 4 is 5.84 Å². The number of nitrogens with two attached hydrogens (primary N) is 1. The predicted octanol–water partition coefficient (Wildman–Crippen LogP) is 3.14. The first-order valence-corrected chi connectivity index (χ1v) is 6.10. The Morgan fingerprint density at radius 2 is 2.05 bits per heavy atom. The van der Waals surface area contributed by atoms with Crippen molar-refractivity contribution in [2.24, 2.45) is 16.8 Å². The van der Waals surface area contributed by atoms with E-state index < -0.39 is 11.7 Å². The topological polar surface area (TPSA) is 58.6 Å². The normalized spacial score (nSPS) is 16.7. The van der Waals surface area contributed by atoms with Crippen LogP contribution in [-0.4, -0.2) is 11.0 Å². The summed E-state index contributed by atoms with van der Waals surface area (Å²) < 4.78 is 39.0. The zero-order chi connectivity index (χ0) is 14.0. The molecule has 104 valence electrons. The Morgan fingerprint density at radius 1 is 1.37 bits per heavy atom. The fourth-order valence-electron chi connectivity index (χ4n) is 2.04. The molecule has 2 rings (SSSR count). The largest absolute Gasteiger partial charge is 0.416 e. The number of rotatable bonds is 4. The number of hydrogen-bond acceptors (Lipinski definition) is 2. The van der Waals surface area contributed by atoms with E-state index in [1.807, 2.05) is 0 Å². The van der Waals surface area contributed by atoms with Crippen LogP contribution in [0.4, 0.5) is 13.2 Å². The van der Waals surface area contributed by atoms with Gasteiger partial charge in [-0.2, -0.15) is 13.2 Å². The van der Waals surface area contributed by atoms with Gasteiger partial charge in [0.2, 0.25) is 0 Å². The van der Waals surface area contributed by atoms with Crippen molar-refractivity contribution in [1.29, 1.82) is 0 Å². The monoisotopic (exact) mass is 272 g/mol. The SMILES string of the molecule is NC(=NO)c1ccc(CCC2CC2)c(C(F)(F)F)c1. The van der Waals surface area contributed by atoms with Gasteiger partial charge in [-0.15, -0.1) is 0 Å². The number of amidine groups is 1. The lowest BCUT2D eigenvalue weighted by Crippen LogP contribution is -2.16. The first-order chi connectivity index (χ1) is 8.91. The zero-order valence-corrected chi connectivity index (χ0v) is 10.2. The van der Waals surface area contributed by atoms with Crippen LogP contribution in [0.3, 0.4) is 0 Å². The molecule has 0 heterocycles. The maximum absolute atomic E-state index is 13.0. The van der Waals surface area contributed by atoms with Crippen LogP contribution in [0.15, 0.2) is 23.4 Å². The molecule has 0 bridgehead atoms. The quantitative estimate of drug-likeness (QED) is 0.383. The molecular weight excluding hydrogens is 257 g/mol. The third-order valence-electron chi connectivity index (χ3n) is 3.34. The number of alkyl halides is 3. The summed E-state index contributed by atoms with van der Waals surface area (Å²) in [5.41, 5.74) is 4.97. The van der Waals surface area contributed by atoms with Crippen LogP contribution in [-0.2, 0) is 12.6 Å². The van der Waals surface area contributed by atoms with E-state index in [9.17, 15) is 13.2 Å². The van der Waals surface area contributed by atoms with Crippen molar-refractivity contribution < 1.29 is 18.4 Å². The lowest BCUT2D eigenvalue weighted by Gasteiger charge is -2.14.